The van der Waals surface area contributed by atoms with Crippen LogP contribution in [0, 0.1) is 0 Å². The highest BCUT2D eigenvalue weighted by Crippen LogP contribution is 2.28. The Balaban J connectivity index is 1.72. The molecule has 0 bridgehead atoms. The van der Waals surface area contributed by atoms with Gasteiger partial charge in [0, 0.05) is 0 Å². The molecule has 0 fully saturated rings. The number of benzene rings is 2. The van der Waals surface area contributed by atoms with E-state index in [-0.39, 0.29) is 18.4 Å². The molecule has 0 saturated heterocycles. The van der Waals surface area contributed by atoms with Crippen LogP contribution in [0.15, 0.2) is 47.0 Å². The van der Waals surface area contributed by atoms with Crippen molar-refractivity contribution in [3.8, 4) is 5.75 Å². The van der Waals surface area contributed by atoms with Crippen molar-refractivity contribution >= 4 is 22.8 Å². The van der Waals surface area contributed by atoms with Gasteiger partial charge in [-0.25, -0.2) is 0 Å². The summed E-state index contributed by atoms with van der Waals surface area (Å²) in [6.07, 6.45) is 0. The monoisotopic (exact) mass is 308 g/mol. The van der Waals surface area contributed by atoms with E-state index in [2.05, 4.69) is 5.16 Å². The Morgan fingerprint density at radius 3 is 2.43 bits per heavy atom. The van der Waals surface area contributed by atoms with Crippen LogP contribution in [0.1, 0.15) is 26.4 Å². The molecule has 1 aliphatic rings. The Morgan fingerprint density at radius 2 is 1.78 bits per heavy atom. The van der Waals surface area contributed by atoms with Gasteiger partial charge in [-0.3, -0.25) is 14.5 Å². The first-order valence-corrected chi connectivity index (χ1v) is 7.06. The van der Waals surface area contributed by atoms with Gasteiger partial charge in [-0.15, -0.1) is 0 Å². The number of aromatic nitrogens is 1. The Labute approximate surface area is 131 Å². The maximum atomic E-state index is 12.4. The first-order valence-electron chi connectivity index (χ1n) is 7.06. The lowest BCUT2D eigenvalue weighted by molar-refractivity contribution is 0.0640. The largest absolute Gasteiger partial charge is 0.497 e. The molecule has 0 N–H and O–H groups in total. The number of nitrogens with zero attached hydrogens (tertiary/aromatic N) is 2. The van der Waals surface area contributed by atoms with Gasteiger partial charge in [-0.1, -0.05) is 17.3 Å². The smallest absolute Gasteiger partial charge is 0.261 e. The number of amides is 2. The molecule has 6 nitrogen and oxygen atoms in total. The van der Waals surface area contributed by atoms with E-state index in [4.69, 9.17) is 9.26 Å². The summed E-state index contributed by atoms with van der Waals surface area (Å²) in [6, 6.07) is 12.1. The predicted octanol–water partition coefficient (Wildman–Crippen LogP) is 2.63. The standard InChI is InChI=1S/C17H12N2O4/c1-22-10-6-7-15-13(8-10)14(18-23-15)9-19-16(20)11-4-2-3-5-12(11)17(19)21/h2-8H,9H2,1H3. The zero-order valence-corrected chi connectivity index (χ0v) is 12.3. The van der Waals surface area contributed by atoms with E-state index in [0.29, 0.717) is 28.2 Å². The molecule has 2 amide bonds. The average Bonchev–Trinajstić information content (AvgIpc) is 3.10. The van der Waals surface area contributed by atoms with Crippen LogP contribution in [0.25, 0.3) is 11.0 Å². The molecule has 2 heterocycles. The zero-order valence-electron chi connectivity index (χ0n) is 12.3. The summed E-state index contributed by atoms with van der Waals surface area (Å²) < 4.78 is 10.4. The quantitative estimate of drug-likeness (QED) is 0.695. The molecule has 1 aliphatic heterocycles. The molecule has 0 aliphatic carbocycles. The number of hydrogen-bond donors (Lipinski definition) is 0. The van der Waals surface area contributed by atoms with Crippen LogP contribution in [0.5, 0.6) is 5.75 Å². The fourth-order valence-corrected chi connectivity index (χ4v) is 2.74. The third kappa shape index (κ3) is 1.99. The van der Waals surface area contributed by atoms with Crippen LogP contribution in [-0.2, 0) is 6.54 Å². The second-order valence-electron chi connectivity index (χ2n) is 5.23. The van der Waals surface area contributed by atoms with Crippen molar-refractivity contribution < 1.29 is 18.8 Å². The van der Waals surface area contributed by atoms with Gasteiger partial charge in [0.15, 0.2) is 5.58 Å². The number of methoxy groups -OCH3 is 1. The third-order valence-electron chi connectivity index (χ3n) is 3.94. The lowest BCUT2D eigenvalue weighted by Crippen LogP contribution is -2.29. The molecule has 4 rings (SSSR count). The van der Waals surface area contributed by atoms with Gasteiger partial charge in [0.05, 0.1) is 30.2 Å². The Bertz CT molecular complexity index is 910. The highest BCUT2D eigenvalue weighted by Gasteiger charge is 2.35. The summed E-state index contributed by atoms with van der Waals surface area (Å²) in [5.41, 5.74) is 1.94. The van der Waals surface area contributed by atoms with Crippen LogP contribution in [0.3, 0.4) is 0 Å². The van der Waals surface area contributed by atoms with Crippen molar-refractivity contribution in [3.05, 3.63) is 59.3 Å². The summed E-state index contributed by atoms with van der Waals surface area (Å²) in [6.45, 7) is 0.0620. The van der Waals surface area contributed by atoms with E-state index in [9.17, 15) is 9.59 Å². The molecule has 0 saturated carbocycles. The SMILES string of the molecule is COc1ccc2onc(CN3C(=O)c4ccccc4C3=O)c2c1. The van der Waals surface area contributed by atoms with Crippen LogP contribution < -0.4 is 4.74 Å². The molecule has 3 aromatic rings. The Kier molecular flexibility index (Phi) is 2.90. The minimum absolute atomic E-state index is 0.0620. The van der Waals surface area contributed by atoms with E-state index in [1.165, 1.54) is 4.90 Å². The first kappa shape index (κ1) is 13.5. The molecular formula is C17H12N2O4. The van der Waals surface area contributed by atoms with E-state index < -0.39 is 0 Å². The van der Waals surface area contributed by atoms with Crippen LogP contribution in [0.2, 0.25) is 0 Å². The lowest BCUT2D eigenvalue weighted by atomic mass is 10.1. The molecule has 1 aromatic heterocycles. The van der Waals surface area contributed by atoms with Crippen molar-refractivity contribution in [3.63, 3.8) is 0 Å². The summed E-state index contributed by atoms with van der Waals surface area (Å²) in [5, 5.41) is 4.71. The Hall–Kier alpha value is -3.15. The maximum absolute atomic E-state index is 12.4. The number of carbonyl (C=O) groups is 2. The highest BCUT2D eigenvalue weighted by molar-refractivity contribution is 6.21. The second-order valence-corrected chi connectivity index (χ2v) is 5.23. The number of carbonyl (C=O) groups excluding carboxylic acids is 2. The van der Waals surface area contributed by atoms with Crippen LogP contribution in [-0.4, -0.2) is 29.0 Å². The average molecular weight is 308 g/mol. The number of fused-ring (bicyclic) bond motifs is 2. The zero-order chi connectivity index (χ0) is 16.0. The van der Waals surface area contributed by atoms with Gasteiger partial charge in [-0.2, -0.15) is 0 Å². The third-order valence-corrected chi connectivity index (χ3v) is 3.94. The topological polar surface area (TPSA) is 72.6 Å². The lowest BCUT2D eigenvalue weighted by Gasteiger charge is -2.11. The molecule has 0 radical (unpaired) electrons. The summed E-state index contributed by atoms with van der Waals surface area (Å²) in [5.74, 6) is 0.0265. The first-order chi connectivity index (χ1) is 11.2. The van der Waals surface area contributed by atoms with Crippen molar-refractivity contribution in [1.29, 1.82) is 0 Å². The van der Waals surface area contributed by atoms with Crippen LogP contribution >= 0.6 is 0 Å². The van der Waals surface area contributed by atoms with Gasteiger partial charge in [0.1, 0.15) is 11.4 Å². The molecule has 0 atom stereocenters. The maximum Gasteiger partial charge on any atom is 0.261 e. The summed E-state index contributed by atoms with van der Waals surface area (Å²) >= 11 is 0. The molecule has 114 valence electrons. The number of ether oxygens (including phenoxy) is 1. The molecule has 0 unspecified atom stereocenters. The van der Waals surface area contributed by atoms with Crippen molar-refractivity contribution in [1.82, 2.24) is 10.1 Å². The molecule has 0 spiro atoms. The highest BCUT2D eigenvalue weighted by atomic mass is 16.5. The minimum atomic E-state index is -0.315. The fourth-order valence-electron chi connectivity index (χ4n) is 2.74. The van der Waals surface area contributed by atoms with E-state index in [1.807, 2.05) is 0 Å². The normalized spacial score (nSPS) is 13.7. The van der Waals surface area contributed by atoms with E-state index in [0.717, 1.165) is 5.39 Å². The van der Waals surface area contributed by atoms with Crippen molar-refractivity contribution in [2.24, 2.45) is 0 Å². The number of rotatable bonds is 3. The molecule has 23 heavy (non-hydrogen) atoms. The van der Waals surface area contributed by atoms with Crippen LogP contribution in [0.4, 0.5) is 0 Å². The molecule has 2 aromatic carbocycles. The van der Waals surface area contributed by atoms with Gasteiger partial charge in [0.25, 0.3) is 11.8 Å². The van der Waals surface area contributed by atoms with E-state index >= 15 is 0 Å². The fraction of sp³-hybridized carbons (Fsp3) is 0.118. The van der Waals surface area contributed by atoms with Gasteiger partial charge < -0.3 is 9.26 Å². The van der Waals surface area contributed by atoms with Crippen molar-refractivity contribution in [2.45, 2.75) is 6.54 Å². The molecule has 6 heteroatoms. The molecular weight excluding hydrogens is 296 g/mol. The van der Waals surface area contributed by atoms with Gasteiger partial charge >= 0.3 is 0 Å². The van der Waals surface area contributed by atoms with Gasteiger partial charge in [0.2, 0.25) is 0 Å². The second kappa shape index (κ2) is 4.95. The van der Waals surface area contributed by atoms with Gasteiger partial charge in [-0.05, 0) is 30.3 Å². The minimum Gasteiger partial charge on any atom is -0.497 e. The number of hydrogen-bond acceptors (Lipinski definition) is 5. The van der Waals surface area contributed by atoms with E-state index in [1.54, 1.807) is 49.6 Å². The van der Waals surface area contributed by atoms with Crippen molar-refractivity contribution in [2.75, 3.05) is 7.11 Å². The summed E-state index contributed by atoms with van der Waals surface area (Å²) in [7, 11) is 1.57. The number of imide groups is 1. The Morgan fingerprint density at radius 1 is 1.09 bits per heavy atom. The summed E-state index contributed by atoms with van der Waals surface area (Å²) in [4.78, 5) is 26.0. The predicted molar refractivity (Wildman–Crippen MR) is 81.2 cm³/mol.